The molecule has 0 aliphatic heterocycles. The standard InChI is InChI=1S/C9H7FINO/c1-13-6-2-5-3-8(11)12-9(5)7(10)4-6/h2-4,12H,1H3. The van der Waals surface area contributed by atoms with Gasteiger partial charge in [0.25, 0.3) is 0 Å². The van der Waals surface area contributed by atoms with Gasteiger partial charge >= 0.3 is 0 Å². The summed E-state index contributed by atoms with van der Waals surface area (Å²) in [4.78, 5) is 2.93. The average Bonchev–Trinajstić information content (AvgIpc) is 2.46. The van der Waals surface area contributed by atoms with Crippen LogP contribution in [0.5, 0.6) is 5.75 Å². The second-order valence-electron chi connectivity index (χ2n) is 2.69. The summed E-state index contributed by atoms with van der Waals surface area (Å²) in [7, 11) is 1.53. The van der Waals surface area contributed by atoms with E-state index in [9.17, 15) is 4.39 Å². The molecule has 0 spiro atoms. The van der Waals surface area contributed by atoms with Gasteiger partial charge in [0.2, 0.25) is 0 Å². The fourth-order valence-corrected chi connectivity index (χ4v) is 1.86. The first kappa shape index (κ1) is 8.80. The predicted molar refractivity (Wildman–Crippen MR) is 57.5 cm³/mol. The lowest BCUT2D eigenvalue weighted by atomic mass is 10.2. The number of halogens is 2. The molecular weight excluding hydrogens is 284 g/mol. The molecule has 0 saturated carbocycles. The molecule has 0 atom stereocenters. The highest BCUT2D eigenvalue weighted by molar-refractivity contribution is 14.1. The Balaban J connectivity index is 2.75. The number of rotatable bonds is 1. The highest BCUT2D eigenvalue weighted by atomic mass is 127. The van der Waals surface area contributed by atoms with Crippen molar-refractivity contribution in [1.29, 1.82) is 0 Å². The molecule has 1 heterocycles. The largest absolute Gasteiger partial charge is 0.497 e. The zero-order valence-corrected chi connectivity index (χ0v) is 9.05. The Labute approximate surface area is 88.2 Å². The van der Waals surface area contributed by atoms with Crippen LogP contribution in [0.2, 0.25) is 0 Å². The second-order valence-corrected chi connectivity index (χ2v) is 3.85. The van der Waals surface area contributed by atoms with Crippen LogP contribution in [-0.4, -0.2) is 12.1 Å². The van der Waals surface area contributed by atoms with E-state index >= 15 is 0 Å². The number of benzene rings is 1. The molecule has 4 heteroatoms. The van der Waals surface area contributed by atoms with Crippen LogP contribution >= 0.6 is 22.6 Å². The van der Waals surface area contributed by atoms with Gasteiger partial charge in [-0.15, -0.1) is 0 Å². The fraction of sp³-hybridized carbons (Fsp3) is 0.111. The molecule has 0 amide bonds. The summed E-state index contributed by atoms with van der Waals surface area (Å²) in [6, 6.07) is 5.05. The number of nitrogens with one attached hydrogen (secondary N) is 1. The van der Waals surface area contributed by atoms with Crippen LogP contribution in [0.3, 0.4) is 0 Å². The Hall–Kier alpha value is -0.780. The minimum atomic E-state index is -0.280. The van der Waals surface area contributed by atoms with Crippen molar-refractivity contribution in [2.24, 2.45) is 0 Å². The lowest BCUT2D eigenvalue weighted by Crippen LogP contribution is -1.84. The molecule has 2 aromatic rings. The molecule has 2 nitrogen and oxygen atoms in total. The van der Waals surface area contributed by atoms with Crippen LogP contribution in [-0.2, 0) is 0 Å². The maximum absolute atomic E-state index is 13.3. The summed E-state index contributed by atoms with van der Waals surface area (Å²) in [5.74, 6) is 0.262. The van der Waals surface area contributed by atoms with Crippen molar-refractivity contribution >= 4 is 33.5 Å². The van der Waals surface area contributed by atoms with Crippen molar-refractivity contribution in [2.45, 2.75) is 0 Å². The SMILES string of the molecule is COc1cc(F)c2[nH]c(I)cc2c1. The molecule has 0 fully saturated rings. The van der Waals surface area contributed by atoms with Gasteiger partial charge in [-0.25, -0.2) is 4.39 Å². The van der Waals surface area contributed by atoms with E-state index in [0.717, 1.165) is 9.09 Å². The van der Waals surface area contributed by atoms with Crippen molar-refractivity contribution in [1.82, 2.24) is 4.98 Å². The summed E-state index contributed by atoms with van der Waals surface area (Å²) in [6.45, 7) is 0. The first-order valence-corrected chi connectivity index (χ1v) is 4.80. The van der Waals surface area contributed by atoms with E-state index in [1.165, 1.54) is 13.2 Å². The highest BCUT2D eigenvalue weighted by Gasteiger charge is 2.06. The smallest absolute Gasteiger partial charge is 0.150 e. The molecule has 0 radical (unpaired) electrons. The number of ether oxygens (including phenoxy) is 1. The van der Waals surface area contributed by atoms with Crippen molar-refractivity contribution in [3.05, 3.63) is 27.7 Å². The van der Waals surface area contributed by atoms with Gasteiger partial charge in [-0.05, 0) is 34.7 Å². The van der Waals surface area contributed by atoms with Gasteiger partial charge in [0.05, 0.1) is 16.3 Å². The van der Waals surface area contributed by atoms with Crippen LogP contribution in [0, 0.1) is 9.52 Å². The molecule has 0 saturated heterocycles. The van der Waals surface area contributed by atoms with Gasteiger partial charge in [0.1, 0.15) is 5.75 Å². The number of fused-ring (bicyclic) bond motifs is 1. The van der Waals surface area contributed by atoms with E-state index in [1.54, 1.807) is 6.07 Å². The Kier molecular flexibility index (Phi) is 2.15. The van der Waals surface area contributed by atoms with Gasteiger partial charge < -0.3 is 9.72 Å². The van der Waals surface area contributed by atoms with Crippen LogP contribution < -0.4 is 4.74 Å². The summed E-state index contributed by atoms with van der Waals surface area (Å²) < 4.78 is 19.2. The maximum Gasteiger partial charge on any atom is 0.150 e. The Bertz CT molecular complexity index is 452. The summed E-state index contributed by atoms with van der Waals surface area (Å²) >= 11 is 2.11. The molecule has 2 rings (SSSR count). The molecule has 1 N–H and O–H groups in total. The van der Waals surface area contributed by atoms with Gasteiger partial charge in [0, 0.05) is 11.5 Å². The molecule has 0 bridgehead atoms. The lowest BCUT2D eigenvalue weighted by molar-refractivity contribution is 0.412. The Morgan fingerprint density at radius 1 is 1.38 bits per heavy atom. The van der Waals surface area contributed by atoms with Crippen molar-refractivity contribution in [3.63, 3.8) is 0 Å². The first-order chi connectivity index (χ1) is 6.20. The predicted octanol–water partition coefficient (Wildman–Crippen LogP) is 2.92. The summed E-state index contributed by atoms with van der Waals surface area (Å²) in [5.41, 5.74) is 0.533. The molecule has 68 valence electrons. The van der Waals surface area contributed by atoms with Crippen LogP contribution in [0.1, 0.15) is 0 Å². The number of methoxy groups -OCH3 is 1. The minimum absolute atomic E-state index is 0.280. The fourth-order valence-electron chi connectivity index (χ4n) is 1.26. The molecular formula is C9H7FINO. The zero-order valence-electron chi connectivity index (χ0n) is 6.90. The number of aromatic nitrogens is 1. The van der Waals surface area contributed by atoms with E-state index in [2.05, 4.69) is 27.6 Å². The molecule has 13 heavy (non-hydrogen) atoms. The van der Waals surface area contributed by atoms with E-state index in [0.29, 0.717) is 11.3 Å². The number of hydrogen-bond donors (Lipinski definition) is 1. The number of hydrogen-bond acceptors (Lipinski definition) is 1. The van der Waals surface area contributed by atoms with Crippen LogP contribution in [0.15, 0.2) is 18.2 Å². The maximum atomic E-state index is 13.3. The normalized spacial score (nSPS) is 10.7. The topological polar surface area (TPSA) is 25.0 Å². The van der Waals surface area contributed by atoms with Gasteiger partial charge in [-0.3, -0.25) is 0 Å². The molecule has 0 aliphatic rings. The Morgan fingerprint density at radius 2 is 2.15 bits per heavy atom. The third kappa shape index (κ3) is 1.50. The molecule has 0 aliphatic carbocycles. The van der Waals surface area contributed by atoms with E-state index in [4.69, 9.17) is 4.74 Å². The molecule has 1 aromatic heterocycles. The van der Waals surface area contributed by atoms with Crippen LogP contribution in [0.4, 0.5) is 4.39 Å². The van der Waals surface area contributed by atoms with Gasteiger partial charge in [-0.1, -0.05) is 0 Å². The minimum Gasteiger partial charge on any atom is -0.497 e. The first-order valence-electron chi connectivity index (χ1n) is 3.72. The number of H-pyrrole nitrogens is 1. The lowest BCUT2D eigenvalue weighted by Gasteiger charge is -1.99. The molecule has 0 unspecified atom stereocenters. The van der Waals surface area contributed by atoms with E-state index in [-0.39, 0.29) is 5.82 Å². The third-order valence-electron chi connectivity index (χ3n) is 1.86. The summed E-state index contributed by atoms with van der Waals surface area (Å²) in [5, 5.41) is 0.834. The quantitative estimate of drug-likeness (QED) is 0.803. The number of aromatic amines is 1. The molecule has 1 aromatic carbocycles. The van der Waals surface area contributed by atoms with Crippen LogP contribution in [0.25, 0.3) is 10.9 Å². The Morgan fingerprint density at radius 3 is 2.85 bits per heavy atom. The van der Waals surface area contributed by atoms with Crippen molar-refractivity contribution < 1.29 is 9.13 Å². The van der Waals surface area contributed by atoms with E-state index in [1.807, 2.05) is 6.07 Å². The highest BCUT2D eigenvalue weighted by Crippen LogP contribution is 2.25. The zero-order chi connectivity index (χ0) is 9.42. The van der Waals surface area contributed by atoms with E-state index < -0.39 is 0 Å². The monoisotopic (exact) mass is 291 g/mol. The second kappa shape index (κ2) is 3.17. The van der Waals surface area contributed by atoms with Crippen molar-refractivity contribution in [3.8, 4) is 5.75 Å². The van der Waals surface area contributed by atoms with Crippen molar-refractivity contribution in [2.75, 3.05) is 7.11 Å². The third-order valence-corrected chi connectivity index (χ3v) is 2.44. The summed E-state index contributed by atoms with van der Waals surface area (Å²) in [6.07, 6.45) is 0. The average molecular weight is 291 g/mol. The van der Waals surface area contributed by atoms with Gasteiger partial charge in [0.15, 0.2) is 5.82 Å². The van der Waals surface area contributed by atoms with Gasteiger partial charge in [-0.2, -0.15) is 0 Å².